The van der Waals surface area contributed by atoms with E-state index < -0.39 is 0 Å². The van der Waals surface area contributed by atoms with E-state index in [4.69, 9.17) is 0 Å². The summed E-state index contributed by atoms with van der Waals surface area (Å²) in [5, 5.41) is 0. The second-order valence-electron chi connectivity index (χ2n) is 4.31. The fourth-order valence-electron chi connectivity index (χ4n) is 1.85. The molecule has 1 atom stereocenters. The Morgan fingerprint density at radius 1 is 1.20 bits per heavy atom. The number of ketones is 1. The van der Waals surface area contributed by atoms with Crippen LogP contribution < -0.4 is 0 Å². The third-order valence-electron chi connectivity index (χ3n) is 2.69. The highest BCUT2D eigenvalue weighted by molar-refractivity contribution is 5.87. The molecule has 0 aromatic heterocycles. The van der Waals surface area contributed by atoms with Gasteiger partial charge in [0.25, 0.3) is 0 Å². The quantitative estimate of drug-likeness (QED) is 0.713. The zero-order chi connectivity index (χ0) is 11.3. The van der Waals surface area contributed by atoms with Gasteiger partial charge in [0.15, 0.2) is 0 Å². The van der Waals surface area contributed by atoms with E-state index in [1.165, 1.54) is 0 Å². The monoisotopic (exact) mass is 204 g/mol. The number of carbonyl (C=O) groups excluding carboxylic acids is 1. The minimum atomic E-state index is 0.0937. The number of carbonyl (C=O) groups is 1. The summed E-state index contributed by atoms with van der Waals surface area (Å²) in [5.41, 5.74) is 1.16. The summed E-state index contributed by atoms with van der Waals surface area (Å²) in [5.74, 6) is 0.584. The summed E-state index contributed by atoms with van der Waals surface area (Å²) in [6, 6.07) is 10.1. The van der Waals surface area contributed by atoms with Crippen LogP contribution >= 0.6 is 0 Å². The van der Waals surface area contributed by atoms with Crippen molar-refractivity contribution in [3.8, 4) is 0 Å². The van der Waals surface area contributed by atoms with Crippen LogP contribution in [0.25, 0.3) is 0 Å². The lowest BCUT2D eigenvalue weighted by Crippen LogP contribution is -2.17. The lowest BCUT2D eigenvalue weighted by molar-refractivity contribution is -0.123. The van der Waals surface area contributed by atoms with Crippen molar-refractivity contribution < 1.29 is 4.79 Å². The highest BCUT2D eigenvalue weighted by atomic mass is 16.1. The highest BCUT2D eigenvalue weighted by Crippen LogP contribution is 2.25. The summed E-state index contributed by atoms with van der Waals surface area (Å²) in [6.45, 7) is 6.09. The molecule has 0 saturated carbocycles. The molecule has 1 heteroatoms. The maximum absolute atomic E-state index is 12.0. The number of Topliss-reactive ketones (excluding diaryl/α,β-unsaturated/α-hetero) is 1. The fourth-order valence-corrected chi connectivity index (χ4v) is 1.85. The maximum Gasteiger partial charge on any atom is 0.142 e. The Kier molecular flexibility index (Phi) is 4.54. The minimum absolute atomic E-state index is 0.0937. The van der Waals surface area contributed by atoms with Crippen LogP contribution in [0.4, 0.5) is 0 Å². The van der Waals surface area contributed by atoms with Gasteiger partial charge in [0.2, 0.25) is 0 Å². The molecular weight excluding hydrogens is 184 g/mol. The van der Waals surface area contributed by atoms with Gasteiger partial charge in [0.1, 0.15) is 5.78 Å². The average Bonchev–Trinajstić information content (AvgIpc) is 2.26. The molecule has 1 rings (SSSR count). The SMILES string of the molecule is CCC[C@@H](C(=O)C(C)C)c1ccccc1. The Labute approximate surface area is 92.5 Å². The van der Waals surface area contributed by atoms with Gasteiger partial charge < -0.3 is 0 Å². The normalized spacial score (nSPS) is 12.8. The second-order valence-corrected chi connectivity index (χ2v) is 4.31. The van der Waals surface area contributed by atoms with Crippen molar-refractivity contribution in [1.82, 2.24) is 0 Å². The van der Waals surface area contributed by atoms with Crippen LogP contribution in [0.1, 0.15) is 45.1 Å². The molecule has 0 spiro atoms. The molecule has 0 aliphatic carbocycles. The van der Waals surface area contributed by atoms with Crippen molar-refractivity contribution in [3.63, 3.8) is 0 Å². The van der Waals surface area contributed by atoms with Gasteiger partial charge in [-0.3, -0.25) is 4.79 Å². The molecule has 82 valence electrons. The first-order chi connectivity index (χ1) is 7.16. The van der Waals surface area contributed by atoms with Crippen molar-refractivity contribution in [1.29, 1.82) is 0 Å². The van der Waals surface area contributed by atoms with Crippen LogP contribution in [-0.4, -0.2) is 5.78 Å². The van der Waals surface area contributed by atoms with E-state index in [1.807, 2.05) is 32.0 Å². The minimum Gasteiger partial charge on any atom is -0.299 e. The van der Waals surface area contributed by atoms with E-state index in [2.05, 4.69) is 19.1 Å². The summed E-state index contributed by atoms with van der Waals surface area (Å²) >= 11 is 0. The van der Waals surface area contributed by atoms with E-state index in [0.29, 0.717) is 5.78 Å². The largest absolute Gasteiger partial charge is 0.299 e. The lowest BCUT2D eigenvalue weighted by atomic mass is 9.86. The van der Waals surface area contributed by atoms with Crippen LogP contribution in [0, 0.1) is 5.92 Å². The smallest absolute Gasteiger partial charge is 0.142 e. The van der Waals surface area contributed by atoms with Crippen LogP contribution in [-0.2, 0) is 4.79 Å². The zero-order valence-electron chi connectivity index (χ0n) is 9.86. The number of hydrogen-bond donors (Lipinski definition) is 0. The van der Waals surface area contributed by atoms with Gasteiger partial charge in [-0.15, -0.1) is 0 Å². The molecule has 0 bridgehead atoms. The molecule has 1 aromatic carbocycles. The molecule has 0 saturated heterocycles. The molecule has 0 radical (unpaired) electrons. The molecule has 15 heavy (non-hydrogen) atoms. The predicted molar refractivity (Wildman–Crippen MR) is 63.9 cm³/mol. The standard InChI is InChI=1S/C14H20O/c1-4-8-13(14(15)11(2)3)12-9-6-5-7-10-12/h5-7,9-11,13H,4,8H2,1-3H3/t13-/m1/s1. The van der Waals surface area contributed by atoms with E-state index in [0.717, 1.165) is 18.4 Å². The first kappa shape index (κ1) is 12.0. The first-order valence-electron chi connectivity index (χ1n) is 5.75. The van der Waals surface area contributed by atoms with E-state index >= 15 is 0 Å². The molecule has 0 amide bonds. The third kappa shape index (κ3) is 3.19. The predicted octanol–water partition coefficient (Wildman–Crippen LogP) is 3.80. The van der Waals surface area contributed by atoms with Crippen molar-refractivity contribution in [2.45, 2.75) is 39.5 Å². The number of benzene rings is 1. The van der Waals surface area contributed by atoms with Gasteiger partial charge in [-0.25, -0.2) is 0 Å². The van der Waals surface area contributed by atoms with Crippen molar-refractivity contribution >= 4 is 5.78 Å². The van der Waals surface area contributed by atoms with Crippen LogP contribution in [0.5, 0.6) is 0 Å². The Morgan fingerprint density at radius 2 is 1.80 bits per heavy atom. The first-order valence-corrected chi connectivity index (χ1v) is 5.75. The zero-order valence-corrected chi connectivity index (χ0v) is 9.86. The molecule has 1 aromatic rings. The Balaban J connectivity index is 2.88. The molecule has 1 nitrogen and oxygen atoms in total. The summed E-state index contributed by atoms with van der Waals surface area (Å²) in [7, 11) is 0. The van der Waals surface area contributed by atoms with Gasteiger partial charge in [-0.1, -0.05) is 57.5 Å². The highest BCUT2D eigenvalue weighted by Gasteiger charge is 2.21. The number of rotatable bonds is 5. The van der Waals surface area contributed by atoms with Gasteiger partial charge in [-0.05, 0) is 12.0 Å². The van der Waals surface area contributed by atoms with Gasteiger partial charge in [-0.2, -0.15) is 0 Å². The summed E-state index contributed by atoms with van der Waals surface area (Å²) in [4.78, 5) is 12.0. The Morgan fingerprint density at radius 3 is 2.27 bits per heavy atom. The van der Waals surface area contributed by atoms with E-state index in [1.54, 1.807) is 0 Å². The average molecular weight is 204 g/mol. The molecular formula is C14H20O. The van der Waals surface area contributed by atoms with Crippen LogP contribution in [0.3, 0.4) is 0 Å². The molecule has 0 heterocycles. The van der Waals surface area contributed by atoms with Crippen LogP contribution in [0.15, 0.2) is 30.3 Å². The second kappa shape index (κ2) is 5.69. The summed E-state index contributed by atoms with van der Waals surface area (Å²) in [6.07, 6.45) is 2.01. The van der Waals surface area contributed by atoms with Gasteiger partial charge in [0.05, 0.1) is 0 Å². The van der Waals surface area contributed by atoms with Crippen LogP contribution in [0.2, 0.25) is 0 Å². The topological polar surface area (TPSA) is 17.1 Å². The van der Waals surface area contributed by atoms with E-state index in [-0.39, 0.29) is 11.8 Å². The Bertz CT molecular complexity index is 300. The third-order valence-corrected chi connectivity index (χ3v) is 2.69. The lowest BCUT2D eigenvalue weighted by Gasteiger charge is -2.17. The molecule has 0 fully saturated rings. The Hall–Kier alpha value is -1.11. The van der Waals surface area contributed by atoms with Crippen molar-refractivity contribution in [3.05, 3.63) is 35.9 Å². The number of hydrogen-bond acceptors (Lipinski definition) is 1. The fraction of sp³-hybridized carbons (Fsp3) is 0.500. The summed E-state index contributed by atoms with van der Waals surface area (Å²) < 4.78 is 0. The molecule has 0 aliphatic heterocycles. The van der Waals surface area contributed by atoms with Gasteiger partial charge in [0, 0.05) is 11.8 Å². The molecule has 0 aliphatic rings. The molecule has 0 N–H and O–H groups in total. The van der Waals surface area contributed by atoms with Gasteiger partial charge >= 0.3 is 0 Å². The van der Waals surface area contributed by atoms with E-state index in [9.17, 15) is 4.79 Å². The van der Waals surface area contributed by atoms with Crippen molar-refractivity contribution in [2.24, 2.45) is 5.92 Å². The van der Waals surface area contributed by atoms with Crippen molar-refractivity contribution in [2.75, 3.05) is 0 Å². The molecule has 0 unspecified atom stereocenters. The maximum atomic E-state index is 12.0.